The molecule has 4 rings (SSSR count). The molecule has 3 nitrogen and oxygen atoms in total. The Kier molecular flexibility index (Phi) is 4.91. The van der Waals surface area contributed by atoms with Gasteiger partial charge in [-0.3, -0.25) is 4.79 Å². The molecule has 0 fully saturated rings. The van der Waals surface area contributed by atoms with Crippen molar-refractivity contribution in [1.82, 2.24) is 4.98 Å². The second-order valence-electron chi connectivity index (χ2n) is 5.98. The maximum Gasteiger partial charge on any atom is 0.237 e. The SMILES string of the molecule is CC[C@@H](Sc1nc2ccccc2s1)C(=O)Nc1cccc2ccccc12. The highest BCUT2D eigenvalue weighted by molar-refractivity contribution is 8.02. The molecule has 0 saturated carbocycles. The standard InChI is InChI=1S/C21H18N2OS2/c1-2-18(25-21-23-17-11-5-6-13-19(17)26-21)20(24)22-16-12-7-9-14-8-3-4-10-15(14)16/h3-13,18H,2H2,1H3,(H,22,24)/t18-/m1/s1. The minimum Gasteiger partial charge on any atom is -0.325 e. The van der Waals surface area contributed by atoms with Crippen LogP contribution in [0, 0.1) is 0 Å². The highest BCUT2D eigenvalue weighted by Gasteiger charge is 2.20. The van der Waals surface area contributed by atoms with Crippen molar-refractivity contribution in [2.24, 2.45) is 0 Å². The first-order valence-corrected chi connectivity index (χ1v) is 10.2. The molecule has 4 aromatic rings. The minimum atomic E-state index is -0.172. The largest absolute Gasteiger partial charge is 0.325 e. The van der Waals surface area contributed by atoms with Crippen molar-refractivity contribution in [3.63, 3.8) is 0 Å². The van der Waals surface area contributed by atoms with Crippen molar-refractivity contribution in [2.75, 3.05) is 5.32 Å². The van der Waals surface area contributed by atoms with Crippen LogP contribution in [0.15, 0.2) is 71.1 Å². The molecule has 130 valence electrons. The molecular formula is C21H18N2OS2. The molecule has 26 heavy (non-hydrogen) atoms. The van der Waals surface area contributed by atoms with Crippen LogP contribution < -0.4 is 5.32 Å². The lowest BCUT2D eigenvalue weighted by Gasteiger charge is -2.14. The van der Waals surface area contributed by atoms with E-state index in [0.29, 0.717) is 0 Å². The number of nitrogens with one attached hydrogen (secondary N) is 1. The predicted molar refractivity (Wildman–Crippen MR) is 112 cm³/mol. The summed E-state index contributed by atoms with van der Waals surface area (Å²) in [5.74, 6) is 0.0214. The first-order valence-electron chi connectivity index (χ1n) is 8.55. The van der Waals surface area contributed by atoms with Crippen LogP contribution >= 0.6 is 23.1 Å². The van der Waals surface area contributed by atoms with Gasteiger partial charge in [0.2, 0.25) is 5.91 Å². The average Bonchev–Trinajstić information content (AvgIpc) is 3.09. The zero-order valence-electron chi connectivity index (χ0n) is 14.3. The molecule has 0 unspecified atom stereocenters. The van der Waals surface area contributed by atoms with Crippen LogP contribution in [-0.2, 0) is 4.79 Å². The number of thiazole rings is 1. The third-order valence-corrected chi connectivity index (χ3v) is 6.72. The summed E-state index contributed by atoms with van der Waals surface area (Å²) in [7, 11) is 0. The van der Waals surface area contributed by atoms with Gasteiger partial charge < -0.3 is 5.32 Å². The Morgan fingerprint density at radius 2 is 1.85 bits per heavy atom. The van der Waals surface area contributed by atoms with Crippen LogP contribution in [0.4, 0.5) is 5.69 Å². The first-order chi connectivity index (χ1) is 12.7. The number of carbonyl (C=O) groups excluding carboxylic acids is 1. The Bertz CT molecular complexity index is 1040. The van der Waals surface area contributed by atoms with Crippen LogP contribution in [0.3, 0.4) is 0 Å². The Morgan fingerprint density at radius 1 is 1.08 bits per heavy atom. The van der Waals surface area contributed by atoms with Gasteiger partial charge in [-0.1, -0.05) is 67.2 Å². The molecule has 0 spiro atoms. The average molecular weight is 379 g/mol. The molecule has 3 aromatic carbocycles. The summed E-state index contributed by atoms with van der Waals surface area (Å²) in [6, 6.07) is 22.1. The van der Waals surface area contributed by atoms with E-state index >= 15 is 0 Å². The van der Waals surface area contributed by atoms with E-state index in [1.54, 1.807) is 23.1 Å². The highest BCUT2D eigenvalue weighted by Crippen LogP contribution is 2.34. The summed E-state index contributed by atoms with van der Waals surface area (Å²) in [6.45, 7) is 2.04. The van der Waals surface area contributed by atoms with Crippen LogP contribution in [-0.4, -0.2) is 16.1 Å². The van der Waals surface area contributed by atoms with Gasteiger partial charge in [-0.2, -0.15) is 0 Å². The third kappa shape index (κ3) is 3.45. The molecule has 0 bridgehead atoms. The molecular weight excluding hydrogens is 360 g/mol. The number of hydrogen-bond acceptors (Lipinski definition) is 4. The molecule has 1 atom stereocenters. The molecule has 1 N–H and O–H groups in total. The van der Waals surface area contributed by atoms with E-state index < -0.39 is 0 Å². The fourth-order valence-electron chi connectivity index (χ4n) is 2.89. The summed E-state index contributed by atoms with van der Waals surface area (Å²) < 4.78 is 2.09. The zero-order chi connectivity index (χ0) is 17.9. The second kappa shape index (κ2) is 7.48. The number of anilines is 1. The molecule has 1 heterocycles. The van der Waals surface area contributed by atoms with Gasteiger partial charge in [-0.05, 0) is 30.0 Å². The number of rotatable bonds is 5. The number of para-hydroxylation sites is 1. The topological polar surface area (TPSA) is 42.0 Å². The molecule has 0 aliphatic heterocycles. The van der Waals surface area contributed by atoms with E-state index in [1.807, 2.05) is 55.5 Å². The van der Waals surface area contributed by atoms with Gasteiger partial charge in [0.05, 0.1) is 15.5 Å². The maximum atomic E-state index is 12.9. The van der Waals surface area contributed by atoms with Crippen molar-refractivity contribution in [2.45, 2.75) is 22.9 Å². The zero-order valence-corrected chi connectivity index (χ0v) is 15.9. The summed E-state index contributed by atoms with van der Waals surface area (Å²) in [4.78, 5) is 17.5. The monoisotopic (exact) mass is 378 g/mol. The predicted octanol–water partition coefficient (Wildman–Crippen LogP) is 5.96. The van der Waals surface area contributed by atoms with E-state index in [0.717, 1.165) is 37.4 Å². The molecule has 1 aromatic heterocycles. The Labute approximate surface area is 160 Å². The lowest BCUT2D eigenvalue weighted by Crippen LogP contribution is -2.24. The molecule has 0 aliphatic rings. The molecule has 0 aliphatic carbocycles. The summed E-state index contributed by atoms with van der Waals surface area (Å²) in [6.07, 6.45) is 0.747. The van der Waals surface area contributed by atoms with Gasteiger partial charge in [-0.15, -0.1) is 11.3 Å². The van der Waals surface area contributed by atoms with Gasteiger partial charge in [0, 0.05) is 11.1 Å². The number of thioether (sulfide) groups is 1. The number of hydrogen-bond donors (Lipinski definition) is 1. The van der Waals surface area contributed by atoms with E-state index in [2.05, 4.69) is 28.5 Å². The van der Waals surface area contributed by atoms with E-state index in [-0.39, 0.29) is 11.2 Å². The van der Waals surface area contributed by atoms with Crippen molar-refractivity contribution in [3.8, 4) is 0 Å². The number of aromatic nitrogens is 1. The second-order valence-corrected chi connectivity index (χ2v) is 8.46. The van der Waals surface area contributed by atoms with Gasteiger partial charge in [0.1, 0.15) is 0 Å². The van der Waals surface area contributed by atoms with Crippen LogP contribution in [0.25, 0.3) is 21.0 Å². The lowest BCUT2D eigenvalue weighted by atomic mass is 10.1. The molecule has 0 saturated heterocycles. The van der Waals surface area contributed by atoms with E-state index in [4.69, 9.17) is 0 Å². The fraction of sp³-hybridized carbons (Fsp3) is 0.143. The van der Waals surface area contributed by atoms with Crippen molar-refractivity contribution >= 4 is 55.7 Å². The van der Waals surface area contributed by atoms with E-state index in [9.17, 15) is 4.79 Å². The number of carbonyl (C=O) groups is 1. The van der Waals surface area contributed by atoms with Crippen LogP contribution in [0.5, 0.6) is 0 Å². The maximum absolute atomic E-state index is 12.9. The Balaban J connectivity index is 1.55. The van der Waals surface area contributed by atoms with Crippen molar-refractivity contribution < 1.29 is 4.79 Å². The van der Waals surface area contributed by atoms with Crippen molar-refractivity contribution in [1.29, 1.82) is 0 Å². The number of nitrogens with zero attached hydrogens (tertiary/aromatic N) is 1. The fourth-order valence-corrected chi connectivity index (χ4v) is 5.13. The first kappa shape index (κ1) is 17.1. The quantitative estimate of drug-likeness (QED) is 0.436. The van der Waals surface area contributed by atoms with E-state index in [1.165, 1.54) is 0 Å². The third-order valence-electron chi connectivity index (χ3n) is 4.23. The highest BCUT2D eigenvalue weighted by atomic mass is 32.2. The molecule has 0 radical (unpaired) electrons. The summed E-state index contributed by atoms with van der Waals surface area (Å²) in [5.41, 5.74) is 1.85. The van der Waals surface area contributed by atoms with Crippen LogP contribution in [0.1, 0.15) is 13.3 Å². The number of benzene rings is 3. The van der Waals surface area contributed by atoms with Gasteiger partial charge in [0.15, 0.2) is 4.34 Å². The Hall–Kier alpha value is -2.37. The Morgan fingerprint density at radius 3 is 2.69 bits per heavy atom. The smallest absolute Gasteiger partial charge is 0.237 e. The molecule has 5 heteroatoms. The minimum absolute atomic E-state index is 0.0214. The molecule has 1 amide bonds. The van der Waals surface area contributed by atoms with Crippen LogP contribution in [0.2, 0.25) is 0 Å². The summed E-state index contributed by atoms with van der Waals surface area (Å²) in [5, 5.41) is 5.12. The normalized spacial score (nSPS) is 12.3. The lowest BCUT2D eigenvalue weighted by molar-refractivity contribution is -0.115. The summed E-state index contributed by atoms with van der Waals surface area (Å²) >= 11 is 3.18. The van der Waals surface area contributed by atoms with Gasteiger partial charge >= 0.3 is 0 Å². The number of amides is 1. The van der Waals surface area contributed by atoms with Gasteiger partial charge in [0.25, 0.3) is 0 Å². The number of fused-ring (bicyclic) bond motifs is 2. The van der Waals surface area contributed by atoms with Crippen molar-refractivity contribution in [3.05, 3.63) is 66.7 Å². The van der Waals surface area contributed by atoms with Gasteiger partial charge in [-0.25, -0.2) is 4.98 Å².